The first-order valence-electron chi connectivity index (χ1n) is 7.52. The van der Waals surface area contributed by atoms with Gasteiger partial charge in [-0.2, -0.15) is 0 Å². The fourth-order valence-electron chi connectivity index (χ4n) is 1.26. The minimum Gasteiger partial charge on any atom is -0.0991 e. The molecule has 0 saturated heterocycles. The fourth-order valence-corrected chi connectivity index (χ4v) is 1.26. The van der Waals surface area contributed by atoms with Crippen molar-refractivity contribution in [1.82, 2.24) is 0 Å². The lowest BCUT2D eigenvalue weighted by Crippen LogP contribution is -1.54. The summed E-state index contributed by atoms with van der Waals surface area (Å²) in [6.07, 6.45) is 38.8. The SMILES string of the molecule is C=CC=CC=CC=CC=CC=CC=CC=CC=CC=CCC. The molecule has 0 rings (SSSR count). The Morgan fingerprint density at radius 2 is 0.727 bits per heavy atom. The van der Waals surface area contributed by atoms with E-state index >= 15 is 0 Å². The van der Waals surface area contributed by atoms with Crippen LogP contribution < -0.4 is 0 Å². The molecule has 0 saturated carbocycles. The first kappa shape index (κ1) is 19.4. The van der Waals surface area contributed by atoms with Crippen LogP contribution in [0.1, 0.15) is 13.3 Å². The van der Waals surface area contributed by atoms with Gasteiger partial charge in [0.25, 0.3) is 0 Å². The van der Waals surface area contributed by atoms with Crippen molar-refractivity contribution in [3.05, 3.63) is 122 Å². The summed E-state index contributed by atoms with van der Waals surface area (Å²) in [5, 5.41) is 0. The molecule has 0 aromatic heterocycles. The summed E-state index contributed by atoms with van der Waals surface area (Å²) >= 11 is 0. The molecule has 0 unspecified atom stereocenters. The zero-order chi connectivity index (χ0) is 16.1. The van der Waals surface area contributed by atoms with Gasteiger partial charge in [0, 0.05) is 0 Å². The predicted molar refractivity (Wildman–Crippen MR) is 103 cm³/mol. The smallest absolute Gasteiger partial charge is 0.0376 e. The lowest BCUT2D eigenvalue weighted by Gasteiger charge is -1.76. The highest BCUT2D eigenvalue weighted by Crippen LogP contribution is 1.87. The van der Waals surface area contributed by atoms with Crippen LogP contribution in [-0.2, 0) is 0 Å². The first-order chi connectivity index (χ1) is 10.9. The molecule has 0 aromatic carbocycles. The highest BCUT2D eigenvalue weighted by molar-refractivity contribution is 5.22. The van der Waals surface area contributed by atoms with Crippen LogP contribution in [0.15, 0.2) is 122 Å². The molecule has 0 spiro atoms. The van der Waals surface area contributed by atoms with Crippen molar-refractivity contribution in [1.29, 1.82) is 0 Å². The zero-order valence-corrected chi connectivity index (χ0v) is 13.4. The summed E-state index contributed by atoms with van der Waals surface area (Å²) < 4.78 is 0. The Hall–Kier alpha value is -2.60. The Morgan fingerprint density at radius 1 is 0.455 bits per heavy atom. The van der Waals surface area contributed by atoms with Gasteiger partial charge >= 0.3 is 0 Å². The maximum Gasteiger partial charge on any atom is -0.0376 e. The van der Waals surface area contributed by atoms with E-state index in [2.05, 4.69) is 25.7 Å². The highest BCUT2D eigenvalue weighted by Gasteiger charge is 1.65. The zero-order valence-electron chi connectivity index (χ0n) is 13.4. The standard InChI is InChI=1S/C22H26/c1-3-5-7-9-11-13-15-17-19-21-22-20-18-16-14-12-10-8-6-4-2/h3,5-22H,1,4H2,2H3. The molecule has 0 aromatic rings. The van der Waals surface area contributed by atoms with Crippen LogP contribution in [0, 0.1) is 0 Å². The molecule has 0 heterocycles. The average molecular weight is 290 g/mol. The number of rotatable bonds is 10. The molecule has 0 nitrogen and oxygen atoms in total. The normalized spacial score (nSPS) is 14.2. The highest BCUT2D eigenvalue weighted by atomic mass is 13.7. The number of hydrogen-bond acceptors (Lipinski definition) is 0. The first-order valence-corrected chi connectivity index (χ1v) is 7.52. The molecule has 0 aliphatic rings. The Labute approximate surface area is 136 Å². The minimum atomic E-state index is 1.07. The maximum atomic E-state index is 3.60. The second-order valence-corrected chi connectivity index (χ2v) is 4.15. The van der Waals surface area contributed by atoms with Crippen molar-refractivity contribution in [2.75, 3.05) is 0 Å². The second kappa shape index (κ2) is 18.4. The van der Waals surface area contributed by atoms with E-state index in [-0.39, 0.29) is 0 Å². The number of hydrogen-bond donors (Lipinski definition) is 0. The summed E-state index contributed by atoms with van der Waals surface area (Å²) in [5.74, 6) is 0. The third-order valence-electron chi connectivity index (χ3n) is 2.29. The van der Waals surface area contributed by atoms with Gasteiger partial charge in [-0.25, -0.2) is 0 Å². The van der Waals surface area contributed by atoms with E-state index in [0.717, 1.165) is 6.42 Å². The average Bonchev–Trinajstić information content (AvgIpc) is 2.54. The Balaban J connectivity index is 3.87. The van der Waals surface area contributed by atoms with Crippen LogP contribution in [-0.4, -0.2) is 0 Å². The van der Waals surface area contributed by atoms with Crippen molar-refractivity contribution >= 4 is 0 Å². The predicted octanol–water partition coefficient (Wildman–Crippen LogP) is 6.59. The third kappa shape index (κ3) is 17.4. The largest absolute Gasteiger partial charge is 0.0991 e. The molecule has 22 heavy (non-hydrogen) atoms. The molecule has 0 aliphatic carbocycles. The molecule has 0 bridgehead atoms. The monoisotopic (exact) mass is 290 g/mol. The van der Waals surface area contributed by atoms with Crippen molar-refractivity contribution in [3.63, 3.8) is 0 Å². The number of allylic oxidation sites excluding steroid dienone is 19. The molecular weight excluding hydrogens is 264 g/mol. The van der Waals surface area contributed by atoms with E-state index in [4.69, 9.17) is 0 Å². The van der Waals surface area contributed by atoms with Crippen molar-refractivity contribution in [2.24, 2.45) is 0 Å². The third-order valence-corrected chi connectivity index (χ3v) is 2.29. The summed E-state index contributed by atoms with van der Waals surface area (Å²) in [6, 6.07) is 0. The summed E-state index contributed by atoms with van der Waals surface area (Å²) in [5.41, 5.74) is 0. The van der Waals surface area contributed by atoms with Crippen LogP contribution in [0.5, 0.6) is 0 Å². The van der Waals surface area contributed by atoms with Crippen LogP contribution in [0.2, 0.25) is 0 Å². The fraction of sp³-hybridized carbons (Fsp3) is 0.0909. The van der Waals surface area contributed by atoms with Gasteiger partial charge in [-0.05, 0) is 6.42 Å². The molecule has 0 aliphatic heterocycles. The molecule has 0 N–H and O–H groups in total. The van der Waals surface area contributed by atoms with Crippen LogP contribution in [0.4, 0.5) is 0 Å². The van der Waals surface area contributed by atoms with Gasteiger partial charge in [0.15, 0.2) is 0 Å². The Morgan fingerprint density at radius 3 is 1.00 bits per heavy atom. The quantitative estimate of drug-likeness (QED) is 0.398. The summed E-state index contributed by atoms with van der Waals surface area (Å²) in [7, 11) is 0. The lowest BCUT2D eigenvalue weighted by atomic mass is 10.3. The van der Waals surface area contributed by atoms with Gasteiger partial charge in [-0.15, -0.1) is 0 Å². The topological polar surface area (TPSA) is 0 Å². The lowest BCUT2D eigenvalue weighted by molar-refractivity contribution is 1.22. The minimum absolute atomic E-state index is 1.07. The van der Waals surface area contributed by atoms with Crippen LogP contribution >= 0.6 is 0 Å². The van der Waals surface area contributed by atoms with E-state index in [1.807, 2.05) is 97.2 Å². The van der Waals surface area contributed by atoms with E-state index in [9.17, 15) is 0 Å². The molecule has 0 fully saturated rings. The van der Waals surface area contributed by atoms with Gasteiger partial charge in [0.1, 0.15) is 0 Å². The molecule has 0 atom stereocenters. The van der Waals surface area contributed by atoms with E-state index in [1.165, 1.54) is 0 Å². The summed E-state index contributed by atoms with van der Waals surface area (Å²) in [6.45, 7) is 5.72. The van der Waals surface area contributed by atoms with E-state index in [1.54, 1.807) is 6.08 Å². The van der Waals surface area contributed by atoms with Gasteiger partial charge in [0.05, 0.1) is 0 Å². The Kier molecular flexibility index (Phi) is 16.2. The van der Waals surface area contributed by atoms with Crippen molar-refractivity contribution in [2.45, 2.75) is 13.3 Å². The van der Waals surface area contributed by atoms with Gasteiger partial charge in [-0.1, -0.05) is 129 Å². The van der Waals surface area contributed by atoms with Gasteiger partial charge < -0.3 is 0 Å². The summed E-state index contributed by atoms with van der Waals surface area (Å²) in [4.78, 5) is 0. The molecule has 0 heteroatoms. The second-order valence-electron chi connectivity index (χ2n) is 4.15. The molecule has 0 radical (unpaired) electrons. The van der Waals surface area contributed by atoms with E-state index in [0.29, 0.717) is 0 Å². The van der Waals surface area contributed by atoms with Gasteiger partial charge in [0.2, 0.25) is 0 Å². The molecular formula is C22H26. The van der Waals surface area contributed by atoms with Crippen molar-refractivity contribution < 1.29 is 0 Å². The van der Waals surface area contributed by atoms with Crippen LogP contribution in [0.25, 0.3) is 0 Å². The van der Waals surface area contributed by atoms with E-state index < -0.39 is 0 Å². The Bertz CT molecular complexity index is 512. The van der Waals surface area contributed by atoms with Gasteiger partial charge in [-0.3, -0.25) is 0 Å². The molecule has 114 valence electrons. The van der Waals surface area contributed by atoms with Crippen LogP contribution in [0.3, 0.4) is 0 Å². The maximum absolute atomic E-state index is 3.60. The van der Waals surface area contributed by atoms with Crippen molar-refractivity contribution in [3.8, 4) is 0 Å². The molecule has 0 amide bonds.